The Kier molecular flexibility index (Phi) is 5.45. The number of benzene rings is 2. The fourth-order valence-corrected chi connectivity index (χ4v) is 5.44. The van der Waals surface area contributed by atoms with Crippen molar-refractivity contribution in [2.45, 2.75) is 31.6 Å². The molecule has 32 heavy (non-hydrogen) atoms. The minimum atomic E-state index is -0.553. The number of carbonyl (C=O) groups is 1. The largest absolute Gasteiger partial charge is 0.381 e. The minimum Gasteiger partial charge on any atom is -0.381 e. The molecule has 0 aliphatic carbocycles. The number of nitrogens with two attached hydrogens (primary N) is 1. The normalized spacial score (nSPS) is 15.7. The maximum Gasteiger partial charge on any atom is 0.219 e. The molecule has 0 radical (unpaired) electrons. The number of carbonyl (C=O) groups excluding carboxylic acids is 1. The van der Waals surface area contributed by atoms with Crippen LogP contribution in [0.15, 0.2) is 54.9 Å². The summed E-state index contributed by atoms with van der Waals surface area (Å²) in [6.07, 6.45) is 5.12. The second-order valence-corrected chi connectivity index (χ2v) is 9.40. The number of nitrogen functional groups attached to an aromatic ring is 1. The van der Waals surface area contributed by atoms with Gasteiger partial charge in [0, 0.05) is 31.2 Å². The van der Waals surface area contributed by atoms with Gasteiger partial charge in [0.05, 0.1) is 22.1 Å². The first-order valence-corrected chi connectivity index (χ1v) is 11.5. The average Bonchev–Trinajstić information content (AvgIpc) is 3.21. The summed E-state index contributed by atoms with van der Waals surface area (Å²) in [5.74, 6) is 0.460. The molecule has 2 N–H and O–H groups in total. The third kappa shape index (κ3) is 3.89. The highest BCUT2D eigenvalue weighted by Gasteiger charge is 2.41. The molecule has 0 unspecified atom stereocenters. The molecule has 2 aromatic carbocycles. The average molecular weight is 445 g/mol. The molecule has 1 aliphatic heterocycles. The number of hydrogen-bond acceptors (Lipinski definition) is 7. The number of anilines is 1. The molecule has 0 spiro atoms. The van der Waals surface area contributed by atoms with Crippen LogP contribution in [0.1, 0.15) is 29.0 Å². The molecular weight excluding hydrogens is 420 g/mol. The molecule has 3 heterocycles. The van der Waals surface area contributed by atoms with Gasteiger partial charge in [-0.15, -0.1) is 11.3 Å². The number of ketones is 1. The van der Waals surface area contributed by atoms with Crippen LogP contribution in [-0.2, 0) is 21.4 Å². The third-order valence-corrected chi connectivity index (χ3v) is 7.24. The van der Waals surface area contributed by atoms with E-state index in [9.17, 15) is 4.79 Å². The van der Waals surface area contributed by atoms with Gasteiger partial charge in [0.2, 0.25) is 5.95 Å². The van der Waals surface area contributed by atoms with Crippen molar-refractivity contribution >= 4 is 33.3 Å². The molecule has 0 bridgehead atoms. The van der Waals surface area contributed by atoms with Gasteiger partial charge in [0.1, 0.15) is 10.8 Å². The lowest BCUT2D eigenvalue weighted by molar-refractivity contribution is -0.127. The van der Waals surface area contributed by atoms with Gasteiger partial charge < -0.3 is 10.5 Å². The predicted molar refractivity (Wildman–Crippen MR) is 127 cm³/mol. The van der Waals surface area contributed by atoms with Crippen molar-refractivity contribution in [1.82, 2.24) is 15.0 Å². The van der Waals surface area contributed by atoms with Gasteiger partial charge in [-0.05, 0) is 48.6 Å². The van der Waals surface area contributed by atoms with Crippen LogP contribution in [0.4, 0.5) is 5.95 Å². The van der Waals surface area contributed by atoms with Gasteiger partial charge in [-0.1, -0.05) is 30.3 Å². The lowest BCUT2D eigenvalue weighted by atomic mass is 9.70. The quantitative estimate of drug-likeness (QED) is 0.487. The maximum atomic E-state index is 13.7. The number of aryl methyl sites for hydroxylation is 1. The molecular formula is C25H24N4O2S. The number of ether oxygens (including phenoxy) is 1. The smallest absolute Gasteiger partial charge is 0.219 e. The lowest BCUT2D eigenvalue weighted by Gasteiger charge is -2.36. The SMILES string of the molecule is Cc1ccc2nc(CC(=O)C3(c4ccc(-c5cnc(N)nc5)cc4)CCOCC3)sc2c1. The summed E-state index contributed by atoms with van der Waals surface area (Å²) in [5, 5.41) is 0.872. The van der Waals surface area contributed by atoms with Crippen LogP contribution in [0.25, 0.3) is 21.3 Å². The van der Waals surface area contributed by atoms with E-state index in [2.05, 4.69) is 41.2 Å². The highest BCUT2D eigenvalue weighted by atomic mass is 32.1. The van der Waals surface area contributed by atoms with Crippen LogP contribution in [0.2, 0.25) is 0 Å². The van der Waals surface area contributed by atoms with E-state index in [1.54, 1.807) is 23.7 Å². The van der Waals surface area contributed by atoms with Crippen molar-refractivity contribution in [3.63, 3.8) is 0 Å². The Morgan fingerprint density at radius 1 is 1.06 bits per heavy atom. The Balaban J connectivity index is 1.44. The number of nitrogens with zero attached hydrogens (tertiary/aromatic N) is 3. The summed E-state index contributed by atoms with van der Waals surface area (Å²) in [7, 11) is 0. The molecule has 1 saturated heterocycles. The molecule has 162 valence electrons. The molecule has 1 fully saturated rings. The van der Waals surface area contributed by atoms with Crippen LogP contribution in [-0.4, -0.2) is 33.9 Å². The topological polar surface area (TPSA) is 91.0 Å². The van der Waals surface area contributed by atoms with Gasteiger partial charge in [-0.3, -0.25) is 4.79 Å². The van der Waals surface area contributed by atoms with Crippen LogP contribution in [0.3, 0.4) is 0 Å². The molecule has 2 aromatic heterocycles. The first-order chi connectivity index (χ1) is 15.5. The van der Waals surface area contributed by atoms with E-state index in [1.807, 2.05) is 18.2 Å². The van der Waals surface area contributed by atoms with E-state index in [4.69, 9.17) is 15.5 Å². The van der Waals surface area contributed by atoms with Gasteiger partial charge in [0.15, 0.2) is 0 Å². The zero-order chi connectivity index (χ0) is 22.1. The van der Waals surface area contributed by atoms with Crippen molar-refractivity contribution in [2.75, 3.05) is 18.9 Å². The van der Waals surface area contributed by atoms with Crippen molar-refractivity contribution in [3.05, 3.63) is 71.0 Å². The number of fused-ring (bicyclic) bond motifs is 1. The second kappa shape index (κ2) is 8.41. The van der Waals surface area contributed by atoms with Crippen molar-refractivity contribution in [2.24, 2.45) is 0 Å². The van der Waals surface area contributed by atoms with E-state index in [1.165, 1.54) is 5.56 Å². The van der Waals surface area contributed by atoms with Crippen molar-refractivity contribution in [1.29, 1.82) is 0 Å². The first kappa shape index (κ1) is 20.7. The standard InChI is InChI=1S/C25H24N4O2S/c1-16-2-7-20-21(12-16)32-23(29-20)13-22(30)25(8-10-31-11-9-25)19-5-3-17(4-6-19)18-14-27-24(26)28-15-18/h2-7,12,14-15H,8-11,13H2,1H3,(H2,26,27,28). The molecule has 1 aliphatic rings. The summed E-state index contributed by atoms with van der Waals surface area (Å²) in [4.78, 5) is 26.6. The highest BCUT2D eigenvalue weighted by molar-refractivity contribution is 7.18. The molecule has 4 aromatic rings. The predicted octanol–water partition coefficient (Wildman–Crippen LogP) is 4.50. The van der Waals surface area contributed by atoms with Crippen LogP contribution in [0, 0.1) is 6.92 Å². The molecule has 0 atom stereocenters. The van der Waals surface area contributed by atoms with Gasteiger partial charge in [0.25, 0.3) is 0 Å². The van der Waals surface area contributed by atoms with Crippen LogP contribution >= 0.6 is 11.3 Å². The molecule has 7 heteroatoms. The lowest BCUT2D eigenvalue weighted by Crippen LogP contribution is -2.42. The summed E-state index contributed by atoms with van der Waals surface area (Å²) < 4.78 is 6.75. The highest BCUT2D eigenvalue weighted by Crippen LogP contribution is 2.38. The van der Waals surface area contributed by atoms with Crippen LogP contribution < -0.4 is 5.73 Å². The third-order valence-electron chi connectivity index (χ3n) is 6.22. The number of thiazole rings is 1. The fourth-order valence-electron chi connectivity index (χ4n) is 4.38. The van der Waals surface area contributed by atoms with Crippen molar-refractivity contribution in [3.8, 4) is 11.1 Å². The Labute approximate surface area is 190 Å². The van der Waals surface area contributed by atoms with E-state index in [-0.39, 0.29) is 11.7 Å². The zero-order valence-electron chi connectivity index (χ0n) is 17.9. The summed E-state index contributed by atoms with van der Waals surface area (Å²) in [6, 6.07) is 14.4. The number of hydrogen-bond donors (Lipinski definition) is 1. The van der Waals surface area contributed by atoms with Gasteiger partial charge in [-0.25, -0.2) is 15.0 Å². The monoisotopic (exact) mass is 444 g/mol. The summed E-state index contributed by atoms with van der Waals surface area (Å²) in [6.45, 7) is 3.23. The summed E-state index contributed by atoms with van der Waals surface area (Å²) in [5.41, 5.74) is 10.1. The van der Waals surface area contributed by atoms with Crippen molar-refractivity contribution < 1.29 is 9.53 Å². The Morgan fingerprint density at radius 3 is 2.50 bits per heavy atom. The van der Waals surface area contributed by atoms with E-state index in [0.29, 0.717) is 32.5 Å². The van der Waals surface area contributed by atoms with E-state index >= 15 is 0 Å². The minimum absolute atomic E-state index is 0.208. The number of aromatic nitrogens is 3. The molecule has 5 rings (SSSR count). The molecule has 0 saturated carbocycles. The van der Waals surface area contributed by atoms with E-state index in [0.717, 1.165) is 31.9 Å². The van der Waals surface area contributed by atoms with Gasteiger partial charge in [-0.2, -0.15) is 0 Å². The number of rotatable bonds is 5. The Hall–Kier alpha value is -3.16. The second-order valence-electron chi connectivity index (χ2n) is 8.28. The van der Waals surface area contributed by atoms with E-state index < -0.39 is 5.41 Å². The maximum absolute atomic E-state index is 13.7. The Bertz CT molecular complexity index is 1260. The first-order valence-electron chi connectivity index (χ1n) is 10.7. The number of Topliss-reactive ketones (excluding diaryl/α,β-unsaturated/α-hetero) is 1. The fraction of sp³-hybridized carbons (Fsp3) is 0.280. The Morgan fingerprint density at radius 2 is 1.78 bits per heavy atom. The zero-order valence-corrected chi connectivity index (χ0v) is 18.7. The summed E-state index contributed by atoms with van der Waals surface area (Å²) >= 11 is 1.61. The van der Waals surface area contributed by atoms with Gasteiger partial charge >= 0.3 is 0 Å². The molecule has 0 amide bonds. The molecule has 6 nitrogen and oxygen atoms in total. The van der Waals surface area contributed by atoms with Crippen LogP contribution in [0.5, 0.6) is 0 Å².